The van der Waals surface area contributed by atoms with E-state index in [0.29, 0.717) is 0 Å². The minimum absolute atomic E-state index is 0.0302. The van der Waals surface area contributed by atoms with E-state index in [0.717, 1.165) is 61.0 Å². The predicted molar refractivity (Wildman–Crippen MR) is 127 cm³/mol. The summed E-state index contributed by atoms with van der Waals surface area (Å²) in [6.07, 6.45) is 13.4. The van der Waals surface area contributed by atoms with Gasteiger partial charge in [0.25, 0.3) is 0 Å². The second kappa shape index (κ2) is 8.05. The highest BCUT2D eigenvalue weighted by atomic mass is 16.1. The summed E-state index contributed by atoms with van der Waals surface area (Å²) in [4.78, 5) is 24.0. The van der Waals surface area contributed by atoms with Crippen LogP contribution in [0.5, 0.6) is 0 Å². The van der Waals surface area contributed by atoms with Gasteiger partial charge >= 0.3 is 0 Å². The lowest BCUT2D eigenvalue weighted by Crippen LogP contribution is -2.54. The van der Waals surface area contributed by atoms with Crippen molar-refractivity contribution in [1.29, 1.82) is 0 Å². The second-order valence-corrected chi connectivity index (χ2v) is 10.7. The normalized spacial score (nSPS) is 31.5. The van der Waals surface area contributed by atoms with Gasteiger partial charge in [-0.25, -0.2) is 9.97 Å². The van der Waals surface area contributed by atoms with Gasteiger partial charge in [-0.2, -0.15) is 0 Å². The molecule has 2 aromatic rings. The zero-order valence-electron chi connectivity index (χ0n) is 18.7. The summed E-state index contributed by atoms with van der Waals surface area (Å²) in [5, 5.41) is 7.22. The summed E-state index contributed by atoms with van der Waals surface area (Å²) in [6, 6.07) is 10.1. The molecular formula is C26H33N5O. The van der Waals surface area contributed by atoms with E-state index >= 15 is 0 Å². The number of hydrogen-bond acceptors (Lipinski definition) is 5. The Hall–Kier alpha value is -2.63. The average Bonchev–Trinajstić information content (AvgIpc) is 2.80. The van der Waals surface area contributed by atoms with Crippen LogP contribution in [0.3, 0.4) is 0 Å². The molecule has 5 aliphatic rings. The highest BCUT2D eigenvalue weighted by Crippen LogP contribution is 2.56. The molecule has 6 nitrogen and oxygen atoms in total. The number of rotatable bonds is 5. The summed E-state index contributed by atoms with van der Waals surface area (Å²) in [5.41, 5.74) is 2.26. The van der Waals surface area contributed by atoms with Crippen molar-refractivity contribution in [1.82, 2.24) is 9.97 Å². The number of benzene rings is 1. The van der Waals surface area contributed by atoms with Crippen LogP contribution >= 0.6 is 0 Å². The molecule has 1 aliphatic heterocycles. The molecule has 168 valence electrons. The zero-order valence-corrected chi connectivity index (χ0v) is 18.7. The zero-order chi connectivity index (χ0) is 21.5. The van der Waals surface area contributed by atoms with E-state index in [1.54, 1.807) is 12.4 Å². The minimum Gasteiger partial charge on any atom is -0.378 e. The summed E-state index contributed by atoms with van der Waals surface area (Å²) in [7, 11) is 0. The number of anilines is 3. The van der Waals surface area contributed by atoms with E-state index in [9.17, 15) is 4.79 Å². The first-order chi connectivity index (χ1) is 15.7. The van der Waals surface area contributed by atoms with Crippen molar-refractivity contribution in [3.8, 4) is 0 Å². The fourth-order valence-electron chi connectivity index (χ4n) is 7.28. The molecule has 0 spiro atoms. The number of carbonyl (C=O) groups excluding carboxylic acids is 1. The van der Waals surface area contributed by atoms with E-state index in [2.05, 4.69) is 37.6 Å². The lowest BCUT2D eigenvalue weighted by atomic mass is 9.53. The number of hydrogen-bond donors (Lipinski definition) is 2. The van der Waals surface area contributed by atoms with Gasteiger partial charge < -0.3 is 15.5 Å². The van der Waals surface area contributed by atoms with Gasteiger partial charge in [-0.1, -0.05) is 12.1 Å². The number of para-hydroxylation sites is 2. The van der Waals surface area contributed by atoms with Gasteiger partial charge in [-0.15, -0.1) is 0 Å². The number of nitrogens with one attached hydrogen (secondary N) is 2. The Balaban J connectivity index is 1.11. The molecule has 1 amide bonds. The highest BCUT2D eigenvalue weighted by molar-refractivity contribution is 5.96. The average molecular weight is 432 g/mol. The Kier molecular flexibility index (Phi) is 5.04. The molecular weight excluding hydrogens is 398 g/mol. The van der Waals surface area contributed by atoms with Crippen molar-refractivity contribution in [2.75, 3.05) is 28.6 Å². The lowest BCUT2D eigenvalue weighted by molar-refractivity contribution is -0.120. The van der Waals surface area contributed by atoms with Crippen LogP contribution in [-0.2, 0) is 4.79 Å². The molecule has 4 aliphatic carbocycles. The molecule has 7 rings (SSSR count). The third kappa shape index (κ3) is 3.84. The van der Waals surface area contributed by atoms with E-state index in [4.69, 9.17) is 0 Å². The van der Waals surface area contributed by atoms with Crippen LogP contribution in [0.25, 0.3) is 0 Å². The second-order valence-electron chi connectivity index (χ2n) is 10.7. The lowest BCUT2D eigenvalue weighted by Gasteiger charge is -2.57. The molecule has 2 heterocycles. The molecule has 0 radical (unpaired) electrons. The third-order valence-corrected chi connectivity index (χ3v) is 8.32. The summed E-state index contributed by atoms with van der Waals surface area (Å²) < 4.78 is 0. The molecule has 4 bridgehead atoms. The maximum absolute atomic E-state index is 13.1. The molecule has 1 aromatic carbocycles. The molecule has 5 fully saturated rings. The predicted octanol–water partition coefficient (Wildman–Crippen LogP) is 4.71. The van der Waals surface area contributed by atoms with Gasteiger partial charge in [0.05, 0.1) is 11.4 Å². The molecule has 1 aromatic heterocycles. The van der Waals surface area contributed by atoms with Crippen molar-refractivity contribution < 1.29 is 4.79 Å². The Bertz CT molecular complexity index is 934. The van der Waals surface area contributed by atoms with Gasteiger partial charge in [0, 0.05) is 36.9 Å². The van der Waals surface area contributed by atoms with Gasteiger partial charge in [0.1, 0.15) is 0 Å². The van der Waals surface area contributed by atoms with Crippen LogP contribution in [0.1, 0.15) is 51.4 Å². The molecule has 0 atom stereocenters. The van der Waals surface area contributed by atoms with Crippen molar-refractivity contribution in [2.24, 2.45) is 23.7 Å². The monoisotopic (exact) mass is 431 g/mol. The molecule has 1 saturated heterocycles. The van der Waals surface area contributed by atoms with Crippen LogP contribution in [0.2, 0.25) is 0 Å². The first-order valence-corrected chi connectivity index (χ1v) is 12.4. The van der Waals surface area contributed by atoms with Gasteiger partial charge in [-0.05, 0) is 87.3 Å². The van der Waals surface area contributed by atoms with Crippen molar-refractivity contribution in [2.45, 2.75) is 56.9 Å². The van der Waals surface area contributed by atoms with Crippen LogP contribution in [-0.4, -0.2) is 34.5 Å². The van der Waals surface area contributed by atoms with E-state index in [-0.39, 0.29) is 17.4 Å². The van der Waals surface area contributed by atoms with E-state index in [1.165, 1.54) is 38.5 Å². The number of nitrogens with zero attached hydrogens (tertiary/aromatic N) is 3. The smallest absolute Gasteiger partial charge is 0.227 e. The summed E-state index contributed by atoms with van der Waals surface area (Å²) >= 11 is 0. The Morgan fingerprint density at radius 2 is 1.47 bits per heavy atom. The first-order valence-electron chi connectivity index (χ1n) is 12.4. The maximum atomic E-state index is 13.1. The Labute approximate surface area is 190 Å². The molecule has 0 unspecified atom stereocenters. The topological polar surface area (TPSA) is 70.2 Å². The van der Waals surface area contributed by atoms with Gasteiger partial charge in [0.2, 0.25) is 11.9 Å². The molecule has 32 heavy (non-hydrogen) atoms. The number of amides is 1. The standard InChI is InChI=1S/C26H33N5O/c32-24(21-6-10-31(11-7-21)25-27-8-3-9-28-25)29-22-4-1-2-5-23(22)30-26-15-18-12-19(16-26)14-20(13-18)17-26/h1-5,8-9,18-21,30H,6-7,10-17H2,(H,29,32). The largest absolute Gasteiger partial charge is 0.378 e. The molecule has 2 N–H and O–H groups in total. The first kappa shape index (κ1) is 20.0. The Morgan fingerprint density at radius 1 is 0.875 bits per heavy atom. The SMILES string of the molecule is O=C(Nc1ccccc1NC12CC3CC(CC(C3)C1)C2)C1CCN(c2ncccn2)CC1. The quantitative estimate of drug-likeness (QED) is 0.717. The van der Waals surface area contributed by atoms with Crippen LogP contribution < -0.4 is 15.5 Å². The third-order valence-electron chi connectivity index (χ3n) is 8.32. The highest BCUT2D eigenvalue weighted by Gasteiger charge is 2.51. The van der Waals surface area contributed by atoms with Crippen LogP contribution in [0.4, 0.5) is 17.3 Å². The maximum Gasteiger partial charge on any atom is 0.227 e. The van der Waals surface area contributed by atoms with Gasteiger partial charge in [0.15, 0.2) is 0 Å². The van der Waals surface area contributed by atoms with E-state index in [1.807, 2.05) is 18.2 Å². The minimum atomic E-state index is 0.0302. The van der Waals surface area contributed by atoms with Gasteiger partial charge in [-0.3, -0.25) is 4.79 Å². The fraction of sp³-hybridized carbons (Fsp3) is 0.577. The fourth-order valence-corrected chi connectivity index (χ4v) is 7.28. The van der Waals surface area contributed by atoms with Crippen LogP contribution in [0, 0.1) is 23.7 Å². The summed E-state index contributed by atoms with van der Waals surface area (Å²) in [6.45, 7) is 1.63. The molecule has 4 saturated carbocycles. The van der Waals surface area contributed by atoms with Crippen molar-refractivity contribution in [3.63, 3.8) is 0 Å². The Morgan fingerprint density at radius 3 is 2.09 bits per heavy atom. The summed E-state index contributed by atoms with van der Waals surface area (Å²) in [5.74, 6) is 3.62. The molecule has 6 heteroatoms. The van der Waals surface area contributed by atoms with Crippen LogP contribution in [0.15, 0.2) is 42.7 Å². The number of aromatic nitrogens is 2. The van der Waals surface area contributed by atoms with E-state index < -0.39 is 0 Å². The number of carbonyl (C=O) groups is 1. The van der Waals surface area contributed by atoms with Crippen molar-refractivity contribution >= 4 is 23.2 Å². The number of piperidine rings is 1. The van der Waals surface area contributed by atoms with Crippen molar-refractivity contribution in [3.05, 3.63) is 42.7 Å².